The fraction of sp³-hybridized carbons (Fsp3) is 0.471. The molecule has 120 valence electrons. The summed E-state index contributed by atoms with van der Waals surface area (Å²) >= 11 is 0. The molecule has 1 atom stereocenters. The Hall–Kier alpha value is -2.37. The molecular weight excluding hydrogens is 296 g/mol. The number of benzene rings is 1. The van der Waals surface area contributed by atoms with E-state index in [-0.39, 0.29) is 23.3 Å². The lowest BCUT2D eigenvalue weighted by molar-refractivity contribution is -0.0432. The van der Waals surface area contributed by atoms with Crippen LogP contribution in [0.25, 0.3) is 0 Å². The predicted octanol–water partition coefficient (Wildman–Crippen LogP) is 2.21. The summed E-state index contributed by atoms with van der Waals surface area (Å²) in [5, 5.41) is 9.09. The molecule has 1 spiro atoms. The van der Waals surface area contributed by atoms with E-state index in [1.165, 1.54) is 9.80 Å². The first-order chi connectivity index (χ1) is 11.0. The van der Waals surface area contributed by atoms with Gasteiger partial charge in [0.25, 0.3) is 11.8 Å². The molecule has 3 aliphatic rings. The lowest BCUT2D eigenvalue weighted by atomic mass is 9.58. The molecule has 1 aromatic rings. The molecule has 2 aliphatic heterocycles. The van der Waals surface area contributed by atoms with Crippen LogP contribution >= 0.6 is 0 Å². The Balaban J connectivity index is 1.57. The quantitative estimate of drug-likeness (QED) is 0.806. The average molecular weight is 314 g/mol. The number of hydrogen-bond donors (Lipinski definition) is 1. The number of hydrogen-bond acceptors (Lipinski definition) is 3. The normalized spacial score (nSPS) is 25.5. The number of imide groups is 1. The number of amides is 3. The second-order valence-electron chi connectivity index (χ2n) is 6.71. The van der Waals surface area contributed by atoms with E-state index in [1.807, 2.05) is 0 Å². The Bertz CT molecular complexity index is 671. The second-order valence-corrected chi connectivity index (χ2v) is 6.71. The molecule has 0 radical (unpaired) electrons. The van der Waals surface area contributed by atoms with Gasteiger partial charge in [0.2, 0.25) is 0 Å². The number of piperidine rings is 1. The summed E-state index contributed by atoms with van der Waals surface area (Å²) in [5.41, 5.74) is 0.879. The van der Waals surface area contributed by atoms with Crippen molar-refractivity contribution in [1.29, 1.82) is 0 Å². The van der Waals surface area contributed by atoms with Gasteiger partial charge in [0.15, 0.2) is 0 Å². The van der Waals surface area contributed by atoms with Crippen LogP contribution in [0.2, 0.25) is 0 Å². The summed E-state index contributed by atoms with van der Waals surface area (Å²) in [7, 11) is 0. The smallest absolute Gasteiger partial charge is 0.407 e. The summed E-state index contributed by atoms with van der Waals surface area (Å²) < 4.78 is 0. The summed E-state index contributed by atoms with van der Waals surface area (Å²) in [4.78, 5) is 39.2. The second kappa shape index (κ2) is 4.81. The van der Waals surface area contributed by atoms with Crippen LogP contribution in [-0.2, 0) is 0 Å². The first-order valence-electron chi connectivity index (χ1n) is 7.98. The minimum atomic E-state index is -0.892. The van der Waals surface area contributed by atoms with E-state index in [2.05, 4.69) is 0 Å². The number of carboxylic acid groups (broad SMARTS) is 1. The molecule has 0 bridgehead atoms. The molecule has 1 aromatic carbocycles. The zero-order chi connectivity index (χ0) is 16.2. The fourth-order valence-electron chi connectivity index (χ4n) is 4.30. The van der Waals surface area contributed by atoms with Gasteiger partial charge in [-0.15, -0.1) is 0 Å². The fourth-order valence-corrected chi connectivity index (χ4v) is 4.30. The van der Waals surface area contributed by atoms with Gasteiger partial charge in [-0.25, -0.2) is 4.79 Å². The highest BCUT2D eigenvalue weighted by molar-refractivity contribution is 6.21. The highest BCUT2D eigenvalue weighted by Crippen LogP contribution is 2.52. The largest absolute Gasteiger partial charge is 0.465 e. The van der Waals surface area contributed by atoms with E-state index in [4.69, 9.17) is 5.11 Å². The summed E-state index contributed by atoms with van der Waals surface area (Å²) in [6.45, 7) is 0.962. The van der Waals surface area contributed by atoms with E-state index in [0.717, 1.165) is 25.7 Å². The molecule has 0 aromatic heterocycles. The number of rotatable bonds is 1. The molecule has 4 rings (SSSR count). The van der Waals surface area contributed by atoms with Crippen LogP contribution in [-0.4, -0.2) is 51.9 Å². The molecule has 1 aliphatic carbocycles. The van der Waals surface area contributed by atoms with Crippen LogP contribution in [0.5, 0.6) is 0 Å². The van der Waals surface area contributed by atoms with Gasteiger partial charge >= 0.3 is 6.09 Å². The lowest BCUT2D eigenvalue weighted by Gasteiger charge is -2.55. The van der Waals surface area contributed by atoms with Crippen molar-refractivity contribution >= 4 is 17.9 Å². The van der Waals surface area contributed by atoms with Crippen LogP contribution < -0.4 is 0 Å². The molecular formula is C17H18N2O4. The monoisotopic (exact) mass is 314 g/mol. The maximum atomic E-state index is 12.6. The molecule has 3 amide bonds. The lowest BCUT2D eigenvalue weighted by Crippen LogP contribution is -2.60. The van der Waals surface area contributed by atoms with Crippen LogP contribution in [0, 0.1) is 5.41 Å². The third kappa shape index (κ3) is 1.90. The Morgan fingerprint density at radius 1 is 1.04 bits per heavy atom. The maximum absolute atomic E-state index is 12.6. The van der Waals surface area contributed by atoms with Crippen LogP contribution in [0.4, 0.5) is 4.79 Å². The number of fused-ring (bicyclic) bond motifs is 1. The van der Waals surface area contributed by atoms with Crippen molar-refractivity contribution in [2.24, 2.45) is 5.41 Å². The minimum absolute atomic E-state index is 0.0918. The Labute approximate surface area is 133 Å². The van der Waals surface area contributed by atoms with Crippen molar-refractivity contribution in [3.05, 3.63) is 35.4 Å². The zero-order valence-corrected chi connectivity index (χ0v) is 12.7. The van der Waals surface area contributed by atoms with Crippen LogP contribution in [0.1, 0.15) is 46.4 Å². The highest BCUT2D eigenvalue weighted by atomic mass is 16.4. The highest BCUT2D eigenvalue weighted by Gasteiger charge is 2.55. The third-order valence-corrected chi connectivity index (χ3v) is 5.79. The number of carbonyl (C=O) groups is 3. The molecule has 6 nitrogen and oxygen atoms in total. The van der Waals surface area contributed by atoms with E-state index in [1.54, 1.807) is 24.3 Å². The van der Waals surface area contributed by atoms with E-state index >= 15 is 0 Å². The van der Waals surface area contributed by atoms with E-state index in [9.17, 15) is 14.4 Å². The van der Waals surface area contributed by atoms with Gasteiger partial charge in [0.1, 0.15) is 0 Å². The predicted molar refractivity (Wildman–Crippen MR) is 81.2 cm³/mol. The molecule has 6 heteroatoms. The van der Waals surface area contributed by atoms with Crippen LogP contribution in [0.15, 0.2) is 24.3 Å². The first-order valence-corrected chi connectivity index (χ1v) is 7.98. The van der Waals surface area contributed by atoms with Gasteiger partial charge in [-0.1, -0.05) is 12.1 Å². The van der Waals surface area contributed by atoms with Gasteiger partial charge in [0.05, 0.1) is 11.1 Å². The van der Waals surface area contributed by atoms with Gasteiger partial charge in [0, 0.05) is 19.1 Å². The summed E-state index contributed by atoms with van der Waals surface area (Å²) in [6, 6.07) is 6.86. The van der Waals surface area contributed by atoms with Crippen LogP contribution in [0.3, 0.4) is 0 Å². The molecule has 1 saturated heterocycles. The SMILES string of the molecule is O=C(O)N1CCC2(CCC2N2C(=O)c3ccccc3C2=O)CC1. The number of nitrogens with zero attached hydrogens (tertiary/aromatic N) is 2. The Morgan fingerprint density at radius 2 is 1.61 bits per heavy atom. The van der Waals surface area contributed by atoms with E-state index < -0.39 is 6.09 Å². The minimum Gasteiger partial charge on any atom is -0.465 e. The van der Waals surface area contributed by atoms with Gasteiger partial charge in [-0.3, -0.25) is 14.5 Å². The molecule has 2 fully saturated rings. The van der Waals surface area contributed by atoms with Crippen molar-refractivity contribution < 1.29 is 19.5 Å². The molecule has 1 unspecified atom stereocenters. The summed E-state index contributed by atoms with van der Waals surface area (Å²) in [6.07, 6.45) is 2.32. The number of carbonyl (C=O) groups excluding carboxylic acids is 2. The van der Waals surface area contributed by atoms with Crippen molar-refractivity contribution in [3.8, 4) is 0 Å². The average Bonchev–Trinajstić information content (AvgIpc) is 2.80. The van der Waals surface area contributed by atoms with Gasteiger partial charge < -0.3 is 10.0 Å². The van der Waals surface area contributed by atoms with Crippen molar-refractivity contribution in [2.75, 3.05) is 13.1 Å². The van der Waals surface area contributed by atoms with Crippen molar-refractivity contribution in [1.82, 2.24) is 9.80 Å². The van der Waals surface area contributed by atoms with Crippen molar-refractivity contribution in [3.63, 3.8) is 0 Å². The molecule has 23 heavy (non-hydrogen) atoms. The number of likely N-dealkylation sites (tertiary alicyclic amines) is 1. The topological polar surface area (TPSA) is 77.9 Å². The van der Waals surface area contributed by atoms with Gasteiger partial charge in [-0.05, 0) is 43.2 Å². The third-order valence-electron chi connectivity index (χ3n) is 5.79. The standard InChI is InChI=1S/C17H18N2O4/c20-14-11-3-1-2-4-12(11)15(21)19(14)13-5-6-17(13)7-9-18(10-8-17)16(22)23/h1-4,13H,5-10H2,(H,22,23). The van der Waals surface area contributed by atoms with Gasteiger partial charge in [-0.2, -0.15) is 0 Å². The molecule has 1 N–H and O–H groups in total. The zero-order valence-electron chi connectivity index (χ0n) is 12.7. The first kappa shape index (κ1) is 14.2. The molecule has 2 heterocycles. The Kier molecular flexibility index (Phi) is 2.98. The summed E-state index contributed by atoms with van der Waals surface area (Å²) in [5.74, 6) is -0.398. The maximum Gasteiger partial charge on any atom is 0.407 e. The molecule has 1 saturated carbocycles. The Morgan fingerprint density at radius 3 is 2.04 bits per heavy atom. The van der Waals surface area contributed by atoms with Crippen molar-refractivity contribution in [2.45, 2.75) is 31.7 Å². The van der Waals surface area contributed by atoms with E-state index in [0.29, 0.717) is 24.2 Å².